The average Bonchev–Trinajstić information content (AvgIpc) is 2.95. The molecule has 2 aromatic rings. The zero-order chi connectivity index (χ0) is 15.6. The number of carboxylic acids is 1. The predicted octanol–water partition coefficient (Wildman–Crippen LogP) is 0.838. The monoisotopic (exact) mass is 290 g/mol. The topological polar surface area (TPSA) is 127 Å². The summed E-state index contributed by atoms with van der Waals surface area (Å²) in [5.41, 5.74) is -0.198. The number of carboxylic acid groups (broad SMARTS) is 1. The molecule has 0 aliphatic carbocycles. The van der Waals surface area contributed by atoms with Crippen molar-refractivity contribution in [2.24, 2.45) is 0 Å². The van der Waals surface area contributed by atoms with Crippen molar-refractivity contribution >= 4 is 17.6 Å². The molecule has 0 radical (unpaired) electrons. The number of aromatic carboxylic acids is 1. The molecule has 0 bridgehead atoms. The molecule has 1 amide bonds. The van der Waals surface area contributed by atoms with E-state index in [0.29, 0.717) is 0 Å². The molecule has 1 aromatic carbocycles. The van der Waals surface area contributed by atoms with E-state index in [4.69, 9.17) is 5.11 Å². The second-order valence-electron chi connectivity index (χ2n) is 4.02. The quantitative estimate of drug-likeness (QED) is 0.634. The number of hydrogen-bond acceptors (Lipinski definition) is 5. The zero-order valence-electron chi connectivity index (χ0n) is 10.8. The lowest BCUT2D eigenvalue weighted by Gasteiger charge is -2.05. The lowest BCUT2D eigenvalue weighted by atomic mass is 10.1. The Hall–Kier alpha value is -3.23. The minimum absolute atomic E-state index is 0.00796. The number of nitro groups is 1. The van der Waals surface area contributed by atoms with Crippen LogP contribution < -0.4 is 5.32 Å². The molecule has 1 aromatic heterocycles. The maximum absolute atomic E-state index is 11.6. The summed E-state index contributed by atoms with van der Waals surface area (Å²) in [6.07, 6.45) is 2.21. The third-order valence-electron chi connectivity index (χ3n) is 2.74. The maximum Gasteiger partial charge on any atom is 0.338 e. The van der Waals surface area contributed by atoms with Crippen molar-refractivity contribution in [3.8, 4) is 5.69 Å². The van der Waals surface area contributed by atoms with Gasteiger partial charge in [-0.1, -0.05) is 0 Å². The van der Waals surface area contributed by atoms with Gasteiger partial charge in [0.05, 0.1) is 16.7 Å². The first-order valence-electron chi connectivity index (χ1n) is 5.73. The number of nitro benzene ring substituents is 1. The molecule has 2 N–H and O–H groups in total. The Balaban J connectivity index is 2.59. The molecule has 21 heavy (non-hydrogen) atoms. The molecule has 9 heteroatoms. The molecule has 1 heterocycles. The van der Waals surface area contributed by atoms with Gasteiger partial charge in [-0.3, -0.25) is 14.9 Å². The van der Waals surface area contributed by atoms with Crippen LogP contribution in [-0.4, -0.2) is 38.7 Å². The van der Waals surface area contributed by atoms with E-state index >= 15 is 0 Å². The molecule has 0 fully saturated rings. The molecule has 0 unspecified atom stereocenters. The minimum Gasteiger partial charge on any atom is -0.478 e. The predicted molar refractivity (Wildman–Crippen MR) is 70.6 cm³/mol. The molecule has 0 saturated carbocycles. The van der Waals surface area contributed by atoms with Gasteiger partial charge in [-0.2, -0.15) is 5.10 Å². The average molecular weight is 290 g/mol. The van der Waals surface area contributed by atoms with Crippen molar-refractivity contribution in [2.75, 3.05) is 7.05 Å². The van der Waals surface area contributed by atoms with Crippen LogP contribution in [0.4, 0.5) is 5.69 Å². The van der Waals surface area contributed by atoms with Gasteiger partial charge in [-0.05, 0) is 12.1 Å². The van der Waals surface area contributed by atoms with E-state index in [0.717, 1.165) is 17.1 Å². The van der Waals surface area contributed by atoms with Crippen LogP contribution in [0.15, 0.2) is 30.6 Å². The lowest BCUT2D eigenvalue weighted by molar-refractivity contribution is -0.384. The number of amides is 1. The van der Waals surface area contributed by atoms with Gasteiger partial charge in [0.2, 0.25) is 0 Å². The fraction of sp³-hybridized carbons (Fsp3) is 0.0833. The van der Waals surface area contributed by atoms with Crippen LogP contribution in [0.1, 0.15) is 20.7 Å². The summed E-state index contributed by atoms with van der Waals surface area (Å²) in [6, 6.07) is 3.75. The van der Waals surface area contributed by atoms with Crippen LogP contribution in [0.2, 0.25) is 0 Å². The Bertz CT molecular complexity index is 737. The van der Waals surface area contributed by atoms with Gasteiger partial charge < -0.3 is 10.4 Å². The lowest BCUT2D eigenvalue weighted by Crippen LogP contribution is -2.18. The van der Waals surface area contributed by atoms with Crippen molar-refractivity contribution < 1.29 is 19.6 Å². The van der Waals surface area contributed by atoms with Crippen molar-refractivity contribution in [1.29, 1.82) is 0 Å². The largest absolute Gasteiger partial charge is 0.478 e. The molecule has 2 rings (SSSR count). The standard InChI is InChI=1S/C12H10N4O5/c1-13-11(17)7-2-3-9(16(20)21)10(4-7)15-6-8(5-14-15)12(18)19/h2-6H,1H3,(H,13,17)(H,18,19). The van der Waals surface area contributed by atoms with E-state index in [1.807, 2.05) is 0 Å². The molecular formula is C12H10N4O5. The van der Waals surface area contributed by atoms with Gasteiger partial charge in [-0.25, -0.2) is 9.48 Å². The summed E-state index contributed by atoms with van der Waals surface area (Å²) < 4.78 is 1.05. The molecule has 0 saturated heterocycles. The zero-order valence-corrected chi connectivity index (χ0v) is 10.8. The number of hydrogen-bond donors (Lipinski definition) is 2. The van der Waals surface area contributed by atoms with Gasteiger partial charge >= 0.3 is 5.97 Å². The molecule has 108 valence electrons. The van der Waals surface area contributed by atoms with Crippen molar-refractivity contribution in [2.45, 2.75) is 0 Å². The van der Waals surface area contributed by atoms with Crippen LogP contribution >= 0.6 is 0 Å². The Labute approximate surface area is 118 Å². The van der Waals surface area contributed by atoms with Gasteiger partial charge in [0.25, 0.3) is 11.6 Å². The number of nitrogens with zero attached hydrogens (tertiary/aromatic N) is 3. The van der Waals surface area contributed by atoms with Crippen LogP contribution in [0.3, 0.4) is 0 Å². The van der Waals surface area contributed by atoms with E-state index < -0.39 is 16.8 Å². The maximum atomic E-state index is 11.6. The van der Waals surface area contributed by atoms with Crippen molar-refractivity contribution in [1.82, 2.24) is 15.1 Å². The third-order valence-corrected chi connectivity index (χ3v) is 2.74. The number of aromatic nitrogens is 2. The van der Waals surface area contributed by atoms with Crippen LogP contribution in [0, 0.1) is 10.1 Å². The summed E-state index contributed by atoms with van der Waals surface area (Å²) in [6.45, 7) is 0. The van der Waals surface area contributed by atoms with E-state index in [-0.39, 0.29) is 22.5 Å². The van der Waals surface area contributed by atoms with Crippen LogP contribution in [0.25, 0.3) is 5.69 Å². The van der Waals surface area contributed by atoms with Gasteiger partial charge in [0, 0.05) is 24.9 Å². The first kappa shape index (κ1) is 14.2. The summed E-state index contributed by atoms with van der Waals surface area (Å²) >= 11 is 0. The summed E-state index contributed by atoms with van der Waals surface area (Å²) in [7, 11) is 1.43. The first-order chi connectivity index (χ1) is 9.93. The van der Waals surface area contributed by atoms with Gasteiger partial charge in [0.15, 0.2) is 0 Å². The minimum atomic E-state index is -1.20. The summed E-state index contributed by atoms with van der Waals surface area (Å²) in [5, 5.41) is 26.1. The third kappa shape index (κ3) is 2.71. The molecule has 9 nitrogen and oxygen atoms in total. The van der Waals surface area contributed by atoms with E-state index in [2.05, 4.69) is 10.4 Å². The number of rotatable bonds is 4. The Morgan fingerprint density at radius 2 is 2.10 bits per heavy atom. The molecule has 0 spiro atoms. The van der Waals surface area contributed by atoms with Gasteiger partial charge in [0.1, 0.15) is 5.69 Å². The van der Waals surface area contributed by atoms with E-state index in [1.54, 1.807) is 0 Å². The second kappa shape index (κ2) is 5.41. The SMILES string of the molecule is CNC(=O)c1ccc([N+](=O)[O-])c(-n2cc(C(=O)O)cn2)c1. The fourth-order valence-corrected chi connectivity index (χ4v) is 1.71. The number of carbonyl (C=O) groups excluding carboxylic acids is 1. The van der Waals surface area contributed by atoms with Crippen molar-refractivity contribution in [3.63, 3.8) is 0 Å². The highest BCUT2D eigenvalue weighted by molar-refractivity contribution is 5.95. The number of nitrogens with one attached hydrogen (secondary N) is 1. The molecule has 0 aliphatic rings. The molecular weight excluding hydrogens is 280 g/mol. The number of carbonyl (C=O) groups is 2. The number of benzene rings is 1. The summed E-state index contributed by atoms with van der Waals surface area (Å²) in [5.74, 6) is -1.62. The molecule has 0 atom stereocenters. The van der Waals surface area contributed by atoms with Crippen LogP contribution in [0.5, 0.6) is 0 Å². The highest BCUT2D eigenvalue weighted by atomic mass is 16.6. The van der Waals surface area contributed by atoms with E-state index in [1.165, 1.54) is 25.2 Å². The highest BCUT2D eigenvalue weighted by Gasteiger charge is 2.19. The highest BCUT2D eigenvalue weighted by Crippen LogP contribution is 2.24. The van der Waals surface area contributed by atoms with Crippen molar-refractivity contribution in [3.05, 3.63) is 51.8 Å². The Morgan fingerprint density at radius 3 is 2.62 bits per heavy atom. The Kier molecular flexibility index (Phi) is 3.65. The first-order valence-corrected chi connectivity index (χ1v) is 5.73. The van der Waals surface area contributed by atoms with Gasteiger partial charge in [-0.15, -0.1) is 0 Å². The fourth-order valence-electron chi connectivity index (χ4n) is 1.71. The van der Waals surface area contributed by atoms with Crippen LogP contribution in [-0.2, 0) is 0 Å². The van der Waals surface area contributed by atoms with E-state index in [9.17, 15) is 19.7 Å². The Morgan fingerprint density at radius 1 is 1.38 bits per heavy atom. The smallest absolute Gasteiger partial charge is 0.338 e. The normalized spacial score (nSPS) is 10.1. The second-order valence-corrected chi connectivity index (χ2v) is 4.02. The summed E-state index contributed by atoms with van der Waals surface area (Å²) in [4.78, 5) is 32.8. The molecule has 0 aliphatic heterocycles.